The van der Waals surface area contributed by atoms with Crippen LogP contribution in [0.3, 0.4) is 0 Å². The van der Waals surface area contributed by atoms with Crippen molar-refractivity contribution in [1.82, 2.24) is 10.6 Å². The van der Waals surface area contributed by atoms with Crippen LogP contribution in [0.15, 0.2) is 54.6 Å². The minimum absolute atomic E-state index is 0.161. The Labute approximate surface area is 153 Å². The molecule has 0 bridgehead atoms. The van der Waals surface area contributed by atoms with Crippen LogP contribution >= 0.6 is 12.2 Å². The van der Waals surface area contributed by atoms with Gasteiger partial charge in [0, 0.05) is 13.6 Å². The van der Waals surface area contributed by atoms with Crippen LogP contribution in [0.25, 0.3) is 0 Å². The van der Waals surface area contributed by atoms with Crippen LogP contribution in [0.5, 0.6) is 5.75 Å². The predicted molar refractivity (Wildman–Crippen MR) is 103 cm³/mol. The molecule has 130 valence electrons. The molecule has 2 aromatic carbocycles. The van der Waals surface area contributed by atoms with Gasteiger partial charge in [-0.15, -0.1) is 0 Å². The number of nitrogens with zero attached hydrogens (tertiary/aromatic N) is 1. The van der Waals surface area contributed by atoms with Gasteiger partial charge in [0.25, 0.3) is 5.91 Å². The molecule has 5 nitrogen and oxygen atoms in total. The molecule has 0 radical (unpaired) electrons. The topological polar surface area (TPSA) is 53.6 Å². The zero-order chi connectivity index (χ0) is 17.6. The Balaban J connectivity index is 1.68. The van der Waals surface area contributed by atoms with Gasteiger partial charge in [-0.1, -0.05) is 42.5 Å². The zero-order valence-electron chi connectivity index (χ0n) is 14.1. The monoisotopic (exact) mass is 355 g/mol. The predicted octanol–water partition coefficient (Wildman–Crippen LogP) is 2.12. The van der Waals surface area contributed by atoms with Crippen molar-refractivity contribution in [2.24, 2.45) is 0 Å². The first kappa shape index (κ1) is 17.2. The Morgan fingerprint density at radius 2 is 1.92 bits per heavy atom. The van der Waals surface area contributed by atoms with Crippen molar-refractivity contribution < 1.29 is 9.53 Å². The number of carbonyl (C=O) groups excluding carboxylic acids is 1. The molecule has 1 amide bonds. The average molecular weight is 355 g/mol. The molecule has 0 spiro atoms. The summed E-state index contributed by atoms with van der Waals surface area (Å²) in [4.78, 5) is 13.9. The molecule has 0 fully saturated rings. The van der Waals surface area contributed by atoms with Crippen molar-refractivity contribution in [3.63, 3.8) is 0 Å². The number of amides is 1. The van der Waals surface area contributed by atoms with Crippen LogP contribution in [-0.2, 0) is 11.2 Å². The van der Waals surface area contributed by atoms with Crippen molar-refractivity contribution in [2.75, 3.05) is 25.0 Å². The fraction of sp³-hybridized carbons (Fsp3) is 0.263. The van der Waals surface area contributed by atoms with E-state index in [1.165, 1.54) is 5.56 Å². The van der Waals surface area contributed by atoms with Gasteiger partial charge in [0.2, 0.25) is 0 Å². The number of thiocarbonyl (C=S) groups is 1. The lowest BCUT2D eigenvalue weighted by Gasteiger charge is -2.35. The molecule has 3 rings (SSSR count). The number of hydrogen-bond acceptors (Lipinski definition) is 3. The highest BCUT2D eigenvalue weighted by atomic mass is 32.1. The second-order valence-electron chi connectivity index (χ2n) is 5.77. The van der Waals surface area contributed by atoms with Crippen LogP contribution in [0, 0.1) is 0 Å². The summed E-state index contributed by atoms with van der Waals surface area (Å²) < 4.78 is 5.80. The molecular formula is C19H21N3O2S. The number of likely N-dealkylation sites (N-methyl/N-ethyl adjacent to an activating group) is 1. The van der Waals surface area contributed by atoms with E-state index in [9.17, 15) is 4.79 Å². The molecule has 0 aromatic heterocycles. The molecule has 0 unspecified atom stereocenters. The summed E-state index contributed by atoms with van der Waals surface area (Å²) in [5, 5.41) is 6.52. The molecule has 2 aromatic rings. The van der Waals surface area contributed by atoms with E-state index in [0.29, 0.717) is 17.4 Å². The van der Waals surface area contributed by atoms with Gasteiger partial charge >= 0.3 is 0 Å². The molecule has 1 heterocycles. The Kier molecular flexibility index (Phi) is 5.50. The Morgan fingerprint density at radius 1 is 1.20 bits per heavy atom. The van der Waals surface area contributed by atoms with Gasteiger partial charge in [0.05, 0.1) is 12.2 Å². The second kappa shape index (κ2) is 7.98. The zero-order valence-corrected chi connectivity index (χ0v) is 14.9. The normalized spacial score (nSPS) is 15.7. The van der Waals surface area contributed by atoms with E-state index in [2.05, 4.69) is 22.8 Å². The second-order valence-corrected chi connectivity index (χ2v) is 6.15. The molecule has 1 aliphatic rings. The number of benzene rings is 2. The molecule has 1 aliphatic heterocycles. The van der Waals surface area contributed by atoms with Gasteiger partial charge in [-0.3, -0.25) is 4.79 Å². The number of carbonyl (C=O) groups is 1. The Bertz CT molecular complexity index is 751. The maximum atomic E-state index is 12.0. The first-order valence-corrected chi connectivity index (χ1v) is 8.66. The lowest BCUT2D eigenvalue weighted by molar-refractivity contribution is -0.127. The summed E-state index contributed by atoms with van der Waals surface area (Å²) in [7, 11) is 1.60. The summed E-state index contributed by atoms with van der Waals surface area (Å²) in [5.41, 5.74) is 2.13. The highest BCUT2D eigenvalue weighted by molar-refractivity contribution is 7.80. The molecule has 1 atom stereocenters. The lowest BCUT2D eigenvalue weighted by atomic mass is 10.1. The van der Waals surface area contributed by atoms with Gasteiger partial charge in [-0.2, -0.15) is 0 Å². The fourth-order valence-electron chi connectivity index (χ4n) is 2.78. The van der Waals surface area contributed by atoms with Crippen molar-refractivity contribution >= 4 is 28.9 Å². The highest BCUT2D eigenvalue weighted by Gasteiger charge is 2.31. The molecule has 2 N–H and O–H groups in total. The van der Waals surface area contributed by atoms with Crippen LogP contribution in [-0.4, -0.2) is 37.3 Å². The first-order chi connectivity index (χ1) is 12.2. The average Bonchev–Trinajstić information content (AvgIpc) is 2.67. The van der Waals surface area contributed by atoms with Crippen LogP contribution in [0.1, 0.15) is 5.56 Å². The Hall–Kier alpha value is -2.60. The largest absolute Gasteiger partial charge is 0.477 e. The number of para-hydroxylation sites is 2. The molecule has 6 heteroatoms. The lowest BCUT2D eigenvalue weighted by Crippen LogP contribution is -2.52. The van der Waals surface area contributed by atoms with Gasteiger partial charge in [-0.25, -0.2) is 0 Å². The summed E-state index contributed by atoms with van der Waals surface area (Å²) in [5.74, 6) is 0.501. The number of hydrogen-bond donors (Lipinski definition) is 2. The third-order valence-corrected chi connectivity index (χ3v) is 4.46. The third kappa shape index (κ3) is 4.09. The summed E-state index contributed by atoms with van der Waals surface area (Å²) in [6.07, 6.45) is 0.292. The Morgan fingerprint density at radius 3 is 2.68 bits per heavy atom. The van der Waals surface area contributed by atoms with Gasteiger partial charge < -0.3 is 20.3 Å². The van der Waals surface area contributed by atoms with E-state index in [1.54, 1.807) is 7.05 Å². The number of rotatable bonds is 4. The quantitative estimate of drug-likeness (QED) is 0.823. The van der Waals surface area contributed by atoms with Crippen LogP contribution in [0.4, 0.5) is 5.69 Å². The van der Waals surface area contributed by atoms with E-state index in [4.69, 9.17) is 17.0 Å². The number of nitrogens with one attached hydrogen (secondary N) is 2. The van der Waals surface area contributed by atoms with E-state index in [0.717, 1.165) is 18.7 Å². The minimum Gasteiger partial charge on any atom is -0.477 e. The van der Waals surface area contributed by atoms with Crippen molar-refractivity contribution in [2.45, 2.75) is 12.5 Å². The molecule has 0 saturated carbocycles. The molecule has 0 aliphatic carbocycles. The molecule has 0 saturated heterocycles. The van der Waals surface area contributed by atoms with Gasteiger partial charge in [0.1, 0.15) is 5.75 Å². The van der Waals surface area contributed by atoms with E-state index < -0.39 is 6.10 Å². The van der Waals surface area contributed by atoms with Crippen LogP contribution < -0.4 is 20.3 Å². The highest BCUT2D eigenvalue weighted by Crippen LogP contribution is 2.33. The van der Waals surface area contributed by atoms with E-state index >= 15 is 0 Å². The third-order valence-electron chi connectivity index (χ3n) is 4.09. The minimum atomic E-state index is -0.589. The first-order valence-electron chi connectivity index (χ1n) is 8.25. The maximum Gasteiger partial charge on any atom is 0.262 e. The van der Waals surface area contributed by atoms with Crippen molar-refractivity contribution in [3.05, 3.63) is 60.2 Å². The number of anilines is 1. The van der Waals surface area contributed by atoms with Gasteiger partial charge in [0.15, 0.2) is 11.2 Å². The molecule has 25 heavy (non-hydrogen) atoms. The van der Waals surface area contributed by atoms with Crippen molar-refractivity contribution in [3.8, 4) is 5.75 Å². The fourth-order valence-corrected chi connectivity index (χ4v) is 3.05. The maximum absolute atomic E-state index is 12.0. The number of ether oxygens (including phenoxy) is 1. The summed E-state index contributed by atoms with van der Waals surface area (Å²) in [6.45, 7) is 1.11. The summed E-state index contributed by atoms with van der Waals surface area (Å²) >= 11 is 5.57. The SMILES string of the molecule is CNC(=O)[C@@H]1CN(C(=S)NCCc2ccccc2)c2ccccc2O1. The van der Waals surface area contributed by atoms with E-state index in [-0.39, 0.29) is 5.91 Å². The van der Waals surface area contributed by atoms with E-state index in [1.807, 2.05) is 47.4 Å². The van der Waals surface area contributed by atoms with Crippen LogP contribution in [0.2, 0.25) is 0 Å². The standard InChI is InChI=1S/C19H21N3O2S/c1-20-18(23)17-13-22(15-9-5-6-10-16(15)24-17)19(25)21-12-11-14-7-3-2-4-8-14/h2-10,17H,11-13H2,1H3,(H,20,23)(H,21,25)/t17-/m0/s1. The van der Waals surface area contributed by atoms with Crippen molar-refractivity contribution in [1.29, 1.82) is 0 Å². The van der Waals surface area contributed by atoms with Gasteiger partial charge in [-0.05, 0) is 36.3 Å². The molecular weight excluding hydrogens is 334 g/mol. The number of fused-ring (bicyclic) bond motifs is 1. The smallest absolute Gasteiger partial charge is 0.262 e. The summed E-state index contributed by atoms with van der Waals surface area (Å²) in [6, 6.07) is 17.9.